The van der Waals surface area contributed by atoms with Crippen LogP contribution in [0.25, 0.3) is 0 Å². The van der Waals surface area contributed by atoms with Crippen LogP contribution in [0.2, 0.25) is 0 Å². The molecule has 1 aliphatic rings. The summed E-state index contributed by atoms with van der Waals surface area (Å²) >= 11 is 0. The quantitative estimate of drug-likeness (QED) is 0.826. The number of methoxy groups -OCH3 is 1. The zero-order chi connectivity index (χ0) is 16.8. The minimum atomic E-state index is -0.365. The van der Waals surface area contributed by atoms with Crippen LogP contribution >= 0.6 is 0 Å². The van der Waals surface area contributed by atoms with E-state index in [1.165, 1.54) is 7.11 Å². The van der Waals surface area contributed by atoms with Crippen molar-refractivity contribution in [3.8, 4) is 0 Å². The number of morpholine rings is 1. The van der Waals surface area contributed by atoms with Crippen LogP contribution in [-0.4, -0.2) is 55.7 Å². The van der Waals surface area contributed by atoms with Crippen molar-refractivity contribution in [2.75, 3.05) is 26.8 Å². The Balaban J connectivity index is 1.81. The summed E-state index contributed by atoms with van der Waals surface area (Å²) in [5, 5.41) is 2.91. The standard InChI is InChI=1S/C17H24N2O4/c1-12-11-23-13(2)9-19(12)10-16(20)18-8-14-4-6-15(7-5-14)17(21)22-3/h4-7,12-13H,8-11H2,1-3H3,(H,18,20)/t12-,13+/m1/s1. The Bertz CT molecular complexity index is 544. The number of carbonyl (C=O) groups is 2. The maximum absolute atomic E-state index is 12.1. The minimum Gasteiger partial charge on any atom is -0.465 e. The van der Waals surface area contributed by atoms with Gasteiger partial charge in [-0.3, -0.25) is 9.69 Å². The van der Waals surface area contributed by atoms with Crippen LogP contribution in [0.1, 0.15) is 29.8 Å². The molecule has 1 aromatic rings. The van der Waals surface area contributed by atoms with E-state index in [1.54, 1.807) is 12.1 Å². The maximum Gasteiger partial charge on any atom is 0.337 e. The van der Waals surface area contributed by atoms with Gasteiger partial charge in [0.05, 0.1) is 31.9 Å². The highest BCUT2D eigenvalue weighted by atomic mass is 16.5. The fraction of sp³-hybridized carbons (Fsp3) is 0.529. The van der Waals surface area contributed by atoms with E-state index < -0.39 is 0 Å². The predicted octanol–water partition coefficient (Wildman–Crippen LogP) is 1.20. The molecule has 126 valence electrons. The molecule has 1 N–H and O–H groups in total. The van der Waals surface area contributed by atoms with E-state index in [4.69, 9.17) is 4.74 Å². The largest absolute Gasteiger partial charge is 0.465 e. The van der Waals surface area contributed by atoms with Crippen molar-refractivity contribution in [2.45, 2.75) is 32.5 Å². The van der Waals surface area contributed by atoms with Gasteiger partial charge in [0.2, 0.25) is 5.91 Å². The molecule has 6 heteroatoms. The van der Waals surface area contributed by atoms with Crippen LogP contribution in [-0.2, 0) is 20.8 Å². The predicted molar refractivity (Wildman–Crippen MR) is 86.1 cm³/mol. The number of nitrogens with zero attached hydrogens (tertiary/aromatic N) is 1. The normalized spacial score (nSPS) is 21.7. The van der Waals surface area contributed by atoms with Gasteiger partial charge in [-0.1, -0.05) is 12.1 Å². The summed E-state index contributed by atoms with van der Waals surface area (Å²) in [6.07, 6.45) is 0.157. The molecule has 2 atom stereocenters. The van der Waals surface area contributed by atoms with E-state index in [2.05, 4.69) is 21.9 Å². The van der Waals surface area contributed by atoms with Gasteiger partial charge in [-0.05, 0) is 31.5 Å². The number of hydrogen-bond donors (Lipinski definition) is 1. The molecule has 0 spiro atoms. The number of benzene rings is 1. The third-order valence-corrected chi connectivity index (χ3v) is 3.95. The van der Waals surface area contributed by atoms with E-state index in [9.17, 15) is 9.59 Å². The van der Waals surface area contributed by atoms with Crippen molar-refractivity contribution in [2.24, 2.45) is 0 Å². The second-order valence-electron chi connectivity index (χ2n) is 5.89. The highest BCUT2D eigenvalue weighted by Gasteiger charge is 2.24. The Morgan fingerprint density at radius 2 is 2.00 bits per heavy atom. The summed E-state index contributed by atoms with van der Waals surface area (Å²) in [6, 6.07) is 7.26. The molecule has 23 heavy (non-hydrogen) atoms. The Morgan fingerprint density at radius 1 is 1.30 bits per heavy atom. The Hall–Kier alpha value is -1.92. The number of hydrogen-bond acceptors (Lipinski definition) is 5. The van der Waals surface area contributed by atoms with Gasteiger partial charge in [-0.2, -0.15) is 0 Å². The number of esters is 1. The second-order valence-corrected chi connectivity index (χ2v) is 5.89. The average Bonchev–Trinajstić information content (AvgIpc) is 2.56. The fourth-order valence-electron chi connectivity index (χ4n) is 2.51. The van der Waals surface area contributed by atoms with Gasteiger partial charge in [-0.25, -0.2) is 4.79 Å². The number of ether oxygens (including phenoxy) is 2. The van der Waals surface area contributed by atoms with E-state index in [0.29, 0.717) is 25.3 Å². The molecule has 0 unspecified atom stereocenters. The van der Waals surface area contributed by atoms with Gasteiger partial charge in [0.1, 0.15) is 0 Å². The third kappa shape index (κ3) is 5.04. The summed E-state index contributed by atoms with van der Waals surface area (Å²) in [6.45, 7) is 6.31. The summed E-state index contributed by atoms with van der Waals surface area (Å²) < 4.78 is 10.2. The molecule has 1 aromatic carbocycles. The van der Waals surface area contributed by atoms with Crippen molar-refractivity contribution >= 4 is 11.9 Å². The van der Waals surface area contributed by atoms with Gasteiger partial charge in [-0.15, -0.1) is 0 Å². The van der Waals surface area contributed by atoms with Crippen molar-refractivity contribution in [1.29, 1.82) is 0 Å². The smallest absolute Gasteiger partial charge is 0.337 e. The highest BCUT2D eigenvalue weighted by molar-refractivity contribution is 5.89. The summed E-state index contributed by atoms with van der Waals surface area (Å²) in [7, 11) is 1.35. The SMILES string of the molecule is COC(=O)c1ccc(CNC(=O)CN2C[C@H](C)OC[C@H]2C)cc1. The Morgan fingerprint density at radius 3 is 2.65 bits per heavy atom. The van der Waals surface area contributed by atoms with Crippen molar-refractivity contribution in [3.05, 3.63) is 35.4 Å². The lowest BCUT2D eigenvalue weighted by atomic mass is 10.1. The summed E-state index contributed by atoms with van der Waals surface area (Å²) in [4.78, 5) is 25.6. The van der Waals surface area contributed by atoms with Crippen LogP contribution in [0.4, 0.5) is 0 Å². The van der Waals surface area contributed by atoms with Gasteiger partial charge in [0.15, 0.2) is 0 Å². The first-order chi connectivity index (χ1) is 11.0. The maximum atomic E-state index is 12.1. The van der Waals surface area contributed by atoms with Crippen LogP contribution in [0.3, 0.4) is 0 Å². The fourth-order valence-corrected chi connectivity index (χ4v) is 2.51. The molecule has 1 heterocycles. The van der Waals surface area contributed by atoms with Crippen LogP contribution in [0, 0.1) is 0 Å². The van der Waals surface area contributed by atoms with Gasteiger partial charge >= 0.3 is 5.97 Å². The number of carbonyl (C=O) groups excluding carboxylic acids is 2. The first-order valence-corrected chi connectivity index (χ1v) is 7.79. The summed E-state index contributed by atoms with van der Waals surface area (Å²) in [5.41, 5.74) is 1.44. The Labute approximate surface area is 136 Å². The molecular weight excluding hydrogens is 296 g/mol. The van der Waals surface area contributed by atoms with Gasteiger partial charge in [0, 0.05) is 19.1 Å². The first-order valence-electron chi connectivity index (χ1n) is 7.79. The zero-order valence-corrected chi connectivity index (χ0v) is 13.9. The van der Waals surface area contributed by atoms with Gasteiger partial charge in [0.25, 0.3) is 0 Å². The molecule has 0 bridgehead atoms. The average molecular weight is 320 g/mol. The molecule has 0 aromatic heterocycles. The van der Waals surface area contributed by atoms with Crippen molar-refractivity contribution < 1.29 is 19.1 Å². The monoisotopic (exact) mass is 320 g/mol. The molecule has 1 fully saturated rings. The van der Waals surface area contributed by atoms with Crippen molar-refractivity contribution in [1.82, 2.24) is 10.2 Å². The van der Waals surface area contributed by atoms with E-state index >= 15 is 0 Å². The lowest BCUT2D eigenvalue weighted by Crippen LogP contribution is -2.50. The zero-order valence-electron chi connectivity index (χ0n) is 13.9. The molecule has 1 amide bonds. The van der Waals surface area contributed by atoms with Crippen LogP contribution in [0.5, 0.6) is 0 Å². The summed E-state index contributed by atoms with van der Waals surface area (Å²) in [5.74, 6) is -0.376. The molecule has 1 aliphatic heterocycles. The minimum absolute atomic E-state index is 0.0111. The Kier molecular flexibility index (Phi) is 6.12. The molecule has 6 nitrogen and oxygen atoms in total. The number of rotatable bonds is 5. The first kappa shape index (κ1) is 17.4. The van der Waals surface area contributed by atoms with Crippen LogP contribution < -0.4 is 5.32 Å². The molecule has 1 saturated heterocycles. The molecule has 0 saturated carbocycles. The van der Waals surface area contributed by atoms with E-state index in [-0.39, 0.29) is 24.0 Å². The third-order valence-electron chi connectivity index (χ3n) is 3.95. The topological polar surface area (TPSA) is 67.9 Å². The van der Waals surface area contributed by atoms with Crippen LogP contribution in [0.15, 0.2) is 24.3 Å². The molecule has 2 rings (SSSR count). The number of amides is 1. The van der Waals surface area contributed by atoms with E-state index in [1.807, 2.05) is 19.1 Å². The molecular formula is C17H24N2O4. The highest BCUT2D eigenvalue weighted by Crippen LogP contribution is 2.10. The lowest BCUT2D eigenvalue weighted by molar-refractivity contribution is -0.126. The molecule has 0 radical (unpaired) electrons. The van der Waals surface area contributed by atoms with Gasteiger partial charge < -0.3 is 14.8 Å². The van der Waals surface area contributed by atoms with E-state index in [0.717, 1.165) is 12.1 Å². The number of nitrogens with one attached hydrogen (secondary N) is 1. The molecule has 0 aliphatic carbocycles. The lowest BCUT2D eigenvalue weighted by Gasteiger charge is -2.36. The van der Waals surface area contributed by atoms with Crippen molar-refractivity contribution in [3.63, 3.8) is 0 Å². The second kappa shape index (κ2) is 8.08.